The molecule has 0 aliphatic heterocycles. The van der Waals surface area contributed by atoms with E-state index in [1.54, 1.807) is 0 Å². The van der Waals surface area contributed by atoms with Gasteiger partial charge < -0.3 is 0 Å². The third-order valence-corrected chi connectivity index (χ3v) is 0. The Morgan fingerprint density at radius 2 is 1.25 bits per heavy atom. The average Bonchev–Trinajstić information content (AvgIpc) is 1.25. The van der Waals surface area contributed by atoms with Gasteiger partial charge in [-0.25, -0.2) is 0 Å². The molecule has 0 bridgehead atoms. The molecule has 8 heavy (non-hydrogen) atoms. The first kappa shape index (κ1) is 11.4. The molecule has 2 N–H and O–H groups in total. The molecule has 0 fully saturated rings. The summed E-state index contributed by atoms with van der Waals surface area (Å²) in [4.78, 5) is 0. The summed E-state index contributed by atoms with van der Waals surface area (Å²) in [5, 5.41) is 0. The van der Waals surface area contributed by atoms with Gasteiger partial charge in [0, 0.05) is 0 Å². The molecule has 0 aromatic heterocycles. The fourth-order valence-electron chi connectivity index (χ4n) is 0. The summed E-state index contributed by atoms with van der Waals surface area (Å²) in [5.41, 5.74) is 0. The van der Waals surface area contributed by atoms with Crippen LogP contribution < -0.4 is 0 Å². The van der Waals surface area contributed by atoms with E-state index in [0.29, 0.717) is 0 Å². The second-order valence-electron chi connectivity index (χ2n) is 0.476. The third kappa shape index (κ3) is 574. The van der Waals surface area contributed by atoms with Gasteiger partial charge in [0.15, 0.2) is 0 Å². The SMILES string of the molecule is [O]=[Nb](=[O])[OH].[O]=[Ta](=[O])[OH]. The molecule has 0 saturated heterocycles. The van der Waals surface area contributed by atoms with Crippen LogP contribution in [0.3, 0.4) is 0 Å². The molecular weight excluding hydrogens is 370 g/mol. The average molecular weight is 372 g/mol. The molecule has 0 spiro atoms. The molecular formula is H2NbO6Ta. The summed E-state index contributed by atoms with van der Waals surface area (Å²) in [6.45, 7) is 0. The van der Waals surface area contributed by atoms with Crippen LogP contribution in [0.4, 0.5) is 0 Å². The molecule has 6 nitrogen and oxygen atoms in total. The topological polar surface area (TPSA) is 109 Å². The van der Waals surface area contributed by atoms with Crippen LogP contribution in [0, 0.1) is 0 Å². The molecule has 0 aromatic carbocycles. The van der Waals surface area contributed by atoms with Crippen molar-refractivity contribution in [2.45, 2.75) is 0 Å². The molecule has 0 rings (SSSR count). The van der Waals surface area contributed by atoms with Gasteiger partial charge in [0.25, 0.3) is 0 Å². The molecule has 8 heteroatoms. The minimum absolute atomic E-state index is 3.95. The first-order valence-electron chi connectivity index (χ1n) is 1.13. The van der Waals surface area contributed by atoms with Gasteiger partial charge in [-0.05, 0) is 0 Å². The number of hydrogen-bond donors (Lipinski definition) is 2. The van der Waals surface area contributed by atoms with Crippen LogP contribution >= 0.6 is 0 Å². The second kappa shape index (κ2) is 7.60. The Morgan fingerprint density at radius 1 is 1.25 bits per heavy atom. The van der Waals surface area contributed by atoms with Crippen molar-refractivity contribution in [3.05, 3.63) is 0 Å². The maximum atomic E-state index is 8.73. The van der Waals surface area contributed by atoms with Crippen molar-refractivity contribution in [2.75, 3.05) is 0 Å². The van der Waals surface area contributed by atoms with Gasteiger partial charge in [0.05, 0.1) is 0 Å². The van der Waals surface area contributed by atoms with Crippen LogP contribution in [0.5, 0.6) is 0 Å². The summed E-state index contributed by atoms with van der Waals surface area (Å²) < 4.78 is 49.2. The van der Waals surface area contributed by atoms with E-state index >= 15 is 0 Å². The van der Waals surface area contributed by atoms with Crippen molar-refractivity contribution < 1.29 is 57.8 Å². The summed E-state index contributed by atoms with van der Waals surface area (Å²) in [5.74, 6) is 0. The predicted molar refractivity (Wildman–Crippen MR) is 7.18 cm³/mol. The Morgan fingerprint density at radius 3 is 1.25 bits per heavy atom. The van der Waals surface area contributed by atoms with Crippen LogP contribution in [-0.2, 0) is 50.6 Å². The molecule has 0 radical (unpaired) electrons. The summed E-state index contributed by atoms with van der Waals surface area (Å²) >= 11 is -8.04. The Kier molecular flexibility index (Phi) is 10.8. The fourth-order valence-corrected chi connectivity index (χ4v) is 0. The Bertz CT molecular complexity index is 125. The van der Waals surface area contributed by atoms with Gasteiger partial charge in [0.1, 0.15) is 0 Å². The zero-order valence-electron chi connectivity index (χ0n) is 3.42. The van der Waals surface area contributed by atoms with Crippen LogP contribution in [-0.4, -0.2) is 7.23 Å². The molecule has 0 saturated carbocycles. The van der Waals surface area contributed by atoms with E-state index in [1.165, 1.54) is 0 Å². The van der Waals surface area contributed by atoms with Gasteiger partial charge >= 0.3 is 57.8 Å². The van der Waals surface area contributed by atoms with Crippen LogP contribution in [0.1, 0.15) is 0 Å². The van der Waals surface area contributed by atoms with E-state index in [1.807, 2.05) is 0 Å². The zero-order valence-corrected chi connectivity index (χ0v) is 8.83. The van der Waals surface area contributed by atoms with E-state index in [0.717, 1.165) is 0 Å². The van der Waals surface area contributed by atoms with Crippen LogP contribution in [0.25, 0.3) is 0 Å². The molecule has 48 valence electrons. The quantitative estimate of drug-likeness (QED) is 0.497. The van der Waals surface area contributed by atoms with Crippen molar-refractivity contribution in [1.82, 2.24) is 0 Å². The third-order valence-electron chi connectivity index (χ3n) is 0. The van der Waals surface area contributed by atoms with Crippen LogP contribution in [0.15, 0.2) is 0 Å². The van der Waals surface area contributed by atoms with E-state index in [4.69, 9.17) is 20.2 Å². The number of rotatable bonds is 0. The van der Waals surface area contributed by atoms with Gasteiger partial charge in [0.2, 0.25) is 0 Å². The van der Waals surface area contributed by atoms with Gasteiger partial charge in [-0.3, -0.25) is 0 Å². The van der Waals surface area contributed by atoms with Crippen molar-refractivity contribution in [3.8, 4) is 0 Å². The standard InChI is InChI=1S/Nb.2H2O.4O.Ta/h;2*1H2;;;;;/q+1;;;;;;;+1/p-2. The van der Waals surface area contributed by atoms with Gasteiger partial charge in [-0.15, -0.1) is 0 Å². The van der Waals surface area contributed by atoms with Gasteiger partial charge in [-0.1, -0.05) is 0 Å². The molecule has 0 amide bonds. The molecule has 0 atom stereocenters. The van der Waals surface area contributed by atoms with E-state index in [2.05, 4.69) is 0 Å². The Labute approximate surface area is 57.7 Å². The van der Waals surface area contributed by atoms with Crippen molar-refractivity contribution in [1.29, 1.82) is 0 Å². The second-order valence-corrected chi connectivity index (χ2v) is 3.35. The summed E-state index contributed by atoms with van der Waals surface area (Å²) in [6.07, 6.45) is 0. The number of hydrogen-bond acceptors (Lipinski definition) is 4. The van der Waals surface area contributed by atoms with E-state index < -0.39 is 37.6 Å². The molecule has 0 aliphatic rings. The summed E-state index contributed by atoms with van der Waals surface area (Å²) in [6, 6.07) is 0. The maximum absolute atomic E-state index is 8.73. The Balaban J connectivity index is 0. The van der Waals surface area contributed by atoms with Gasteiger partial charge in [-0.2, -0.15) is 0 Å². The van der Waals surface area contributed by atoms with Crippen molar-refractivity contribution in [2.24, 2.45) is 0 Å². The van der Waals surface area contributed by atoms with Crippen LogP contribution in [0.2, 0.25) is 0 Å². The Hall–Kier alpha value is 0.601. The predicted octanol–water partition coefficient (Wildman–Crippen LogP) is -1.59. The van der Waals surface area contributed by atoms with E-state index in [-0.39, 0.29) is 0 Å². The first-order valence-corrected chi connectivity index (χ1v) is 7.97. The molecule has 0 heterocycles. The summed E-state index contributed by atoms with van der Waals surface area (Å²) in [7, 11) is 0. The molecule has 0 aliphatic carbocycles. The molecule has 0 unspecified atom stereocenters. The monoisotopic (exact) mass is 372 g/mol. The van der Waals surface area contributed by atoms with E-state index in [9.17, 15) is 0 Å². The molecule has 0 aromatic rings. The van der Waals surface area contributed by atoms with Crippen molar-refractivity contribution >= 4 is 0 Å². The minimum atomic E-state index is -4.09. The normalized spacial score (nSPS) is 6.25. The zero-order chi connectivity index (χ0) is 7.15. The first-order chi connectivity index (χ1) is 3.46. The fraction of sp³-hybridized carbons (Fsp3) is 0. The van der Waals surface area contributed by atoms with Crippen molar-refractivity contribution in [3.63, 3.8) is 0 Å².